The number of halogens is 1. The Morgan fingerprint density at radius 3 is 2.68 bits per heavy atom. The first-order chi connectivity index (χ1) is 8.90. The summed E-state index contributed by atoms with van der Waals surface area (Å²) in [4.78, 5) is 11.0. The summed E-state index contributed by atoms with van der Waals surface area (Å²) >= 11 is 0. The summed E-state index contributed by atoms with van der Waals surface area (Å²) in [5.74, 6) is -0.932. The van der Waals surface area contributed by atoms with Crippen LogP contribution in [0.4, 0.5) is 4.39 Å². The Morgan fingerprint density at radius 1 is 1.47 bits per heavy atom. The number of hydrogen-bond donors (Lipinski definition) is 2. The first-order valence-corrected chi connectivity index (χ1v) is 5.81. The molecule has 6 heteroatoms. The van der Waals surface area contributed by atoms with Crippen LogP contribution in [0.15, 0.2) is 24.4 Å². The fourth-order valence-corrected chi connectivity index (χ4v) is 1.83. The van der Waals surface area contributed by atoms with Crippen molar-refractivity contribution >= 4 is 5.91 Å². The van der Waals surface area contributed by atoms with Gasteiger partial charge in [-0.15, -0.1) is 0 Å². The van der Waals surface area contributed by atoms with Gasteiger partial charge in [0.15, 0.2) is 0 Å². The van der Waals surface area contributed by atoms with Crippen LogP contribution in [-0.4, -0.2) is 15.7 Å². The molecule has 0 spiro atoms. The second kappa shape index (κ2) is 4.81. The van der Waals surface area contributed by atoms with Crippen molar-refractivity contribution < 1.29 is 9.18 Å². The van der Waals surface area contributed by atoms with Crippen molar-refractivity contribution in [1.82, 2.24) is 9.78 Å². The Kier molecular flexibility index (Phi) is 3.35. The van der Waals surface area contributed by atoms with Crippen molar-refractivity contribution in [3.05, 3.63) is 47.0 Å². The van der Waals surface area contributed by atoms with Crippen LogP contribution in [-0.2, 0) is 0 Å². The lowest BCUT2D eigenvalue weighted by Gasteiger charge is -2.14. The van der Waals surface area contributed by atoms with E-state index in [1.165, 1.54) is 16.8 Å². The van der Waals surface area contributed by atoms with E-state index in [2.05, 4.69) is 5.10 Å². The number of rotatable bonds is 3. The minimum Gasteiger partial charge on any atom is -0.364 e. The molecule has 1 heterocycles. The molecule has 1 amide bonds. The number of primary amides is 1. The maximum atomic E-state index is 13.6. The summed E-state index contributed by atoms with van der Waals surface area (Å²) in [7, 11) is 0. The zero-order chi connectivity index (χ0) is 14.2. The molecule has 0 aliphatic rings. The molecule has 1 aromatic carbocycles. The first kappa shape index (κ1) is 13.2. The van der Waals surface area contributed by atoms with Gasteiger partial charge < -0.3 is 11.5 Å². The second-order valence-electron chi connectivity index (χ2n) is 4.46. The third kappa shape index (κ3) is 2.48. The Morgan fingerprint density at radius 2 is 2.16 bits per heavy atom. The predicted octanol–water partition coefficient (Wildman–Crippen LogP) is 1.44. The van der Waals surface area contributed by atoms with E-state index in [0.717, 1.165) is 0 Å². The minimum absolute atomic E-state index is 0.151. The summed E-state index contributed by atoms with van der Waals surface area (Å²) < 4.78 is 15.1. The summed E-state index contributed by atoms with van der Waals surface area (Å²) in [5, 5.41) is 4.06. The Bertz CT molecular complexity index is 634. The lowest BCUT2D eigenvalue weighted by molar-refractivity contribution is 0.0995. The van der Waals surface area contributed by atoms with Crippen LogP contribution in [0.2, 0.25) is 0 Å². The molecular formula is C13H15FN4O. The fraction of sp³-hybridized carbons (Fsp3) is 0.231. The van der Waals surface area contributed by atoms with Crippen molar-refractivity contribution in [3.63, 3.8) is 0 Å². The third-order valence-electron chi connectivity index (χ3n) is 2.89. The van der Waals surface area contributed by atoms with E-state index in [9.17, 15) is 9.18 Å². The van der Waals surface area contributed by atoms with Gasteiger partial charge >= 0.3 is 0 Å². The van der Waals surface area contributed by atoms with E-state index >= 15 is 0 Å². The normalized spacial score (nSPS) is 12.4. The van der Waals surface area contributed by atoms with Crippen molar-refractivity contribution in [3.8, 4) is 5.69 Å². The summed E-state index contributed by atoms with van der Waals surface area (Å²) in [6.45, 7) is 3.41. The Labute approximate surface area is 110 Å². The molecule has 100 valence electrons. The molecule has 0 aliphatic heterocycles. The number of nitrogens with zero attached hydrogens (tertiary/aromatic N) is 2. The molecule has 4 N–H and O–H groups in total. The van der Waals surface area contributed by atoms with E-state index in [4.69, 9.17) is 11.5 Å². The van der Waals surface area contributed by atoms with Crippen LogP contribution in [0.5, 0.6) is 0 Å². The van der Waals surface area contributed by atoms with E-state index in [0.29, 0.717) is 16.8 Å². The predicted molar refractivity (Wildman–Crippen MR) is 69.4 cm³/mol. The van der Waals surface area contributed by atoms with Gasteiger partial charge in [-0.3, -0.25) is 4.79 Å². The Balaban J connectivity index is 2.59. The largest absolute Gasteiger partial charge is 0.364 e. The van der Waals surface area contributed by atoms with Gasteiger partial charge in [0.05, 0.1) is 5.69 Å². The molecule has 2 rings (SSSR count). The molecule has 0 bridgehead atoms. The van der Waals surface area contributed by atoms with Crippen LogP contribution in [0.25, 0.3) is 5.69 Å². The molecule has 2 aromatic rings. The highest BCUT2D eigenvalue weighted by Crippen LogP contribution is 2.23. The number of amides is 1. The van der Waals surface area contributed by atoms with Gasteiger partial charge in [0, 0.05) is 12.2 Å². The average molecular weight is 262 g/mol. The number of aryl methyl sites for hydroxylation is 1. The standard InChI is InChI=1S/C13H15FN4O/c1-7-5-12(9(8(2)15)6-10(7)14)18-4-3-11(17-18)13(16)19/h3-6,8H,15H2,1-2H3,(H2,16,19). The van der Waals surface area contributed by atoms with Gasteiger partial charge in [0.2, 0.25) is 0 Å². The van der Waals surface area contributed by atoms with E-state index in [1.807, 2.05) is 0 Å². The monoisotopic (exact) mass is 262 g/mol. The molecule has 0 radical (unpaired) electrons. The van der Waals surface area contributed by atoms with Crippen molar-refractivity contribution in [2.24, 2.45) is 11.5 Å². The lowest BCUT2D eigenvalue weighted by Crippen LogP contribution is -2.14. The maximum absolute atomic E-state index is 13.6. The van der Waals surface area contributed by atoms with Crippen LogP contribution < -0.4 is 11.5 Å². The van der Waals surface area contributed by atoms with E-state index < -0.39 is 5.91 Å². The zero-order valence-corrected chi connectivity index (χ0v) is 10.7. The zero-order valence-electron chi connectivity index (χ0n) is 10.7. The van der Waals surface area contributed by atoms with Gasteiger partial charge in [-0.1, -0.05) is 0 Å². The molecule has 0 aliphatic carbocycles. The van der Waals surface area contributed by atoms with Gasteiger partial charge in [-0.2, -0.15) is 5.10 Å². The number of carbonyl (C=O) groups excluding carboxylic acids is 1. The SMILES string of the molecule is Cc1cc(-n2ccc(C(N)=O)n2)c(C(C)N)cc1F. The summed E-state index contributed by atoms with van der Waals surface area (Å²) in [5.41, 5.74) is 12.9. The Hall–Kier alpha value is -2.21. The molecule has 5 nitrogen and oxygen atoms in total. The molecule has 0 saturated heterocycles. The lowest BCUT2D eigenvalue weighted by atomic mass is 10.0. The van der Waals surface area contributed by atoms with Gasteiger partial charge in [0.1, 0.15) is 11.5 Å². The second-order valence-corrected chi connectivity index (χ2v) is 4.46. The molecule has 1 aromatic heterocycles. The van der Waals surface area contributed by atoms with Crippen molar-refractivity contribution in [2.45, 2.75) is 19.9 Å². The van der Waals surface area contributed by atoms with E-state index in [-0.39, 0.29) is 17.6 Å². The maximum Gasteiger partial charge on any atom is 0.269 e. The number of carbonyl (C=O) groups is 1. The van der Waals surface area contributed by atoms with Crippen LogP contribution in [0.3, 0.4) is 0 Å². The summed E-state index contributed by atoms with van der Waals surface area (Å²) in [6, 6.07) is 4.19. The van der Waals surface area contributed by atoms with Gasteiger partial charge in [-0.25, -0.2) is 9.07 Å². The smallest absolute Gasteiger partial charge is 0.269 e. The first-order valence-electron chi connectivity index (χ1n) is 5.81. The van der Waals surface area contributed by atoms with Crippen molar-refractivity contribution in [1.29, 1.82) is 0 Å². The number of benzene rings is 1. The van der Waals surface area contributed by atoms with Crippen molar-refractivity contribution in [2.75, 3.05) is 0 Å². The molecule has 0 fully saturated rings. The van der Waals surface area contributed by atoms with Crippen LogP contribution in [0.1, 0.15) is 34.6 Å². The topological polar surface area (TPSA) is 86.9 Å². The molecule has 1 unspecified atom stereocenters. The fourth-order valence-electron chi connectivity index (χ4n) is 1.83. The molecule has 1 atom stereocenters. The molecule has 19 heavy (non-hydrogen) atoms. The highest BCUT2D eigenvalue weighted by molar-refractivity contribution is 5.90. The van der Waals surface area contributed by atoms with Gasteiger partial charge in [0.25, 0.3) is 5.91 Å². The molecular weight excluding hydrogens is 247 g/mol. The van der Waals surface area contributed by atoms with Crippen LogP contribution >= 0.6 is 0 Å². The molecule has 0 saturated carbocycles. The summed E-state index contributed by atoms with van der Waals surface area (Å²) in [6.07, 6.45) is 1.60. The van der Waals surface area contributed by atoms with Crippen LogP contribution in [0, 0.1) is 12.7 Å². The quantitative estimate of drug-likeness (QED) is 0.877. The highest BCUT2D eigenvalue weighted by Gasteiger charge is 2.14. The third-order valence-corrected chi connectivity index (χ3v) is 2.89. The minimum atomic E-state index is -0.611. The average Bonchev–Trinajstić information content (AvgIpc) is 2.81. The van der Waals surface area contributed by atoms with E-state index in [1.54, 1.807) is 26.1 Å². The number of nitrogens with two attached hydrogens (primary N) is 2. The number of aromatic nitrogens is 2. The highest BCUT2D eigenvalue weighted by atomic mass is 19.1. The van der Waals surface area contributed by atoms with Gasteiger partial charge in [-0.05, 0) is 43.2 Å². The number of hydrogen-bond acceptors (Lipinski definition) is 3.